The number of allylic oxidation sites excluding steroid dienone is 1. The Kier molecular flexibility index (Phi) is 7.36. The molecule has 1 fully saturated rings. The molecule has 132 valence electrons. The second kappa shape index (κ2) is 9.51. The molecule has 0 radical (unpaired) electrons. The summed E-state index contributed by atoms with van der Waals surface area (Å²) in [5, 5.41) is 0. The third-order valence-corrected chi connectivity index (χ3v) is 4.38. The van der Waals surface area contributed by atoms with Crippen LogP contribution in [0.4, 0.5) is 0 Å². The molecule has 3 nitrogen and oxygen atoms in total. The highest BCUT2D eigenvalue weighted by molar-refractivity contribution is 5.92. The van der Waals surface area contributed by atoms with E-state index < -0.39 is 0 Å². The van der Waals surface area contributed by atoms with E-state index in [1.165, 1.54) is 19.3 Å². The highest BCUT2D eigenvalue weighted by Crippen LogP contribution is 2.36. The van der Waals surface area contributed by atoms with Crippen LogP contribution < -0.4 is 4.74 Å². The van der Waals surface area contributed by atoms with Crippen LogP contribution in [0.1, 0.15) is 58.4 Å². The zero-order valence-electron chi connectivity index (χ0n) is 15.2. The summed E-state index contributed by atoms with van der Waals surface area (Å²) in [6, 6.07) is 8.13. The van der Waals surface area contributed by atoms with Gasteiger partial charge < -0.3 is 9.47 Å². The first-order valence-corrected chi connectivity index (χ1v) is 9.21. The molecule has 1 aromatic rings. The van der Waals surface area contributed by atoms with E-state index in [9.17, 15) is 4.79 Å². The van der Waals surface area contributed by atoms with E-state index in [1.807, 2.05) is 19.1 Å². The second-order valence-corrected chi connectivity index (χ2v) is 6.92. The van der Waals surface area contributed by atoms with Crippen molar-refractivity contribution < 1.29 is 14.3 Å². The molecule has 0 heterocycles. The molecular weight excluding hydrogens is 300 g/mol. The molecule has 0 spiro atoms. The van der Waals surface area contributed by atoms with Gasteiger partial charge in [-0.25, -0.2) is 4.79 Å². The van der Waals surface area contributed by atoms with E-state index in [-0.39, 0.29) is 5.97 Å². The molecule has 3 heteroatoms. The SMILES string of the molecule is CCOC(=O)C=C(c1ccc(OCC(C)C)cc1)C1CCCCC1. The summed E-state index contributed by atoms with van der Waals surface area (Å²) >= 11 is 0. The zero-order valence-corrected chi connectivity index (χ0v) is 15.2. The van der Waals surface area contributed by atoms with Crippen molar-refractivity contribution in [2.45, 2.75) is 52.9 Å². The average Bonchev–Trinajstić information content (AvgIpc) is 2.59. The minimum Gasteiger partial charge on any atom is -0.493 e. The molecule has 2 rings (SSSR count). The Bertz CT molecular complexity index is 537. The molecule has 0 bridgehead atoms. The Morgan fingerprint density at radius 2 is 1.83 bits per heavy atom. The molecule has 1 aliphatic rings. The third kappa shape index (κ3) is 5.70. The lowest BCUT2D eigenvalue weighted by molar-refractivity contribution is -0.137. The van der Waals surface area contributed by atoms with Gasteiger partial charge in [0.2, 0.25) is 0 Å². The quantitative estimate of drug-likeness (QED) is 0.506. The van der Waals surface area contributed by atoms with Crippen molar-refractivity contribution >= 4 is 11.5 Å². The molecule has 1 saturated carbocycles. The summed E-state index contributed by atoms with van der Waals surface area (Å²) in [6.45, 7) is 7.24. The number of rotatable bonds is 7. The number of esters is 1. The van der Waals surface area contributed by atoms with Crippen LogP contribution in [0.5, 0.6) is 5.75 Å². The maximum absolute atomic E-state index is 12.0. The third-order valence-electron chi connectivity index (χ3n) is 4.38. The van der Waals surface area contributed by atoms with Crippen LogP contribution in [0, 0.1) is 11.8 Å². The molecule has 0 saturated heterocycles. The van der Waals surface area contributed by atoms with Crippen LogP contribution >= 0.6 is 0 Å². The maximum Gasteiger partial charge on any atom is 0.331 e. The van der Waals surface area contributed by atoms with Gasteiger partial charge in [0.1, 0.15) is 5.75 Å². The molecular formula is C21H30O3. The molecule has 1 aliphatic carbocycles. The van der Waals surface area contributed by atoms with E-state index in [4.69, 9.17) is 9.47 Å². The van der Waals surface area contributed by atoms with Crippen molar-refractivity contribution in [2.24, 2.45) is 11.8 Å². The van der Waals surface area contributed by atoms with Crippen LogP contribution in [0.2, 0.25) is 0 Å². The van der Waals surface area contributed by atoms with Crippen molar-refractivity contribution in [3.8, 4) is 5.75 Å². The Morgan fingerprint density at radius 1 is 1.17 bits per heavy atom. The van der Waals surface area contributed by atoms with Gasteiger partial charge in [-0.05, 0) is 54.9 Å². The number of carbonyl (C=O) groups is 1. The van der Waals surface area contributed by atoms with Gasteiger partial charge in [-0.15, -0.1) is 0 Å². The second-order valence-electron chi connectivity index (χ2n) is 6.92. The fourth-order valence-corrected chi connectivity index (χ4v) is 3.17. The van der Waals surface area contributed by atoms with Crippen LogP contribution in [0.15, 0.2) is 30.3 Å². The fraction of sp³-hybridized carbons (Fsp3) is 0.571. The van der Waals surface area contributed by atoms with Gasteiger partial charge in [0.25, 0.3) is 0 Å². The molecule has 0 atom stereocenters. The van der Waals surface area contributed by atoms with Crippen LogP contribution in [0.3, 0.4) is 0 Å². The van der Waals surface area contributed by atoms with Crippen LogP contribution in [-0.4, -0.2) is 19.2 Å². The molecule has 0 aliphatic heterocycles. The van der Waals surface area contributed by atoms with E-state index in [2.05, 4.69) is 26.0 Å². The van der Waals surface area contributed by atoms with Crippen molar-refractivity contribution in [1.29, 1.82) is 0 Å². The number of ether oxygens (including phenoxy) is 2. The first-order chi connectivity index (χ1) is 11.6. The van der Waals surface area contributed by atoms with Gasteiger partial charge in [-0.1, -0.05) is 45.2 Å². The number of carbonyl (C=O) groups excluding carboxylic acids is 1. The predicted octanol–water partition coefficient (Wildman–Crippen LogP) is 5.25. The largest absolute Gasteiger partial charge is 0.493 e. The average molecular weight is 330 g/mol. The lowest BCUT2D eigenvalue weighted by Gasteiger charge is -2.25. The zero-order chi connectivity index (χ0) is 17.4. The Labute approximate surface area is 146 Å². The van der Waals surface area contributed by atoms with E-state index in [1.54, 1.807) is 6.08 Å². The maximum atomic E-state index is 12.0. The van der Waals surface area contributed by atoms with Gasteiger partial charge in [0, 0.05) is 6.08 Å². The van der Waals surface area contributed by atoms with Crippen molar-refractivity contribution in [2.75, 3.05) is 13.2 Å². The van der Waals surface area contributed by atoms with Crippen molar-refractivity contribution in [1.82, 2.24) is 0 Å². The minimum absolute atomic E-state index is 0.238. The summed E-state index contributed by atoms with van der Waals surface area (Å²) in [6.07, 6.45) is 7.77. The van der Waals surface area contributed by atoms with Gasteiger partial charge >= 0.3 is 5.97 Å². The molecule has 1 aromatic carbocycles. The van der Waals surface area contributed by atoms with Gasteiger partial charge in [0.05, 0.1) is 13.2 Å². The summed E-state index contributed by atoms with van der Waals surface area (Å²) < 4.78 is 10.9. The van der Waals surface area contributed by atoms with Crippen molar-refractivity contribution in [3.05, 3.63) is 35.9 Å². The van der Waals surface area contributed by atoms with Gasteiger partial charge in [0.15, 0.2) is 0 Å². The Hall–Kier alpha value is -1.77. The summed E-state index contributed by atoms with van der Waals surface area (Å²) in [5.74, 6) is 1.60. The van der Waals surface area contributed by atoms with Crippen molar-refractivity contribution in [3.63, 3.8) is 0 Å². The standard InChI is InChI=1S/C21H30O3/c1-4-23-21(22)14-20(17-8-6-5-7-9-17)18-10-12-19(13-11-18)24-15-16(2)3/h10-14,16-17H,4-9,15H2,1-3H3. The number of hydrogen-bond acceptors (Lipinski definition) is 3. The van der Waals surface area contributed by atoms with E-state index >= 15 is 0 Å². The Morgan fingerprint density at radius 3 is 2.42 bits per heavy atom. The number of hydrogen-bond donors (Lipinski definition) is 0. The highest BCUT2D eigenvalue weighted by Gasteiger charge is 2.20. The molecule has 0 unspecified atom stereocenters. The summed E-state index contributed by atoms with van der Waals surface area (Å²) in [4.78, 5) is 12.0. The fourth-order valence-electron chi connectivity index (χ4n) is 3.17. The lowest BCUT2D eigenvalue weighted by atomic mass is 9.81. The molecule has 24 heavy (non-hydrogen) atoms. The lowest BCUT2D eigenvalue weighted by Crippen LogP contribution is -2.11. The summed E-state index contributed by atoms with van der Waals surface area (Å²) in [7, 11) is 0. The van der Waals surface area contributed by atoms with Crippen LogP contribution in [-0.2, 0) is 9.53 Å². The topological polar surface area (TPSA) is 35.5 Å². The smallest absolute Gasteiger partial charge is 0.331 e. The predicted molar refractivity (Wildman–Crippen MR) is 98.0 cm³/mol. The molecule has 0 amide bonds. The van der Waals surface area contributed by atoms with E-state index in [0.29, 0.717) is 25.0 Å². The number of benzene rings is 1. The normalized spacial score (nSPS) is 16.2. The first kappa shape index (κ1) is 18.6. The van der Waals surface area contributed by atoms with Gasteiger partial charge in [-0.3, -0.25) is 0 Å². The molecule has 0 N–H and O–H groups in total. The van der Waals surface area contributed by atoms with E-state index in [0.717, 1.165) is 29.7 Å². The summed E-state index contributed by atoms with van der Waals surface area (Å²) in [5.41, 5.74) is 2.22. The first-order valence-electron chi connectivity index (χ1n) is 9.21. The monoisotopic (exact) mass is 330 g/mol. The Balaban J connectivity index is 2.17. The van der Waals surface area contributed by atoms with Gasteiger partial charge in [-0.2, -0.15) is 0 Å². The molecule has 0 aromatic heterocycles. The minimum atomic E-state index is -0.238. The van der Waals surface area contributed by atoms with Crippen LogP contribution in [0.25, 0.3) is 5.57 Å². The highest BCUT2D eigenvalue weighted by atomic mass is 16.5.